The summed E-state index contributed by atoms with van der Waals surface area (Å²) in [7, 11) is 0. The summed E-state index contributed by atoms with van der Waals surface area (Å²) < 4.78 is 14.3. The van der Waals surface area contributed by atoms with Gasteiger partial charge in [0.2, 0.25) is 0 Å². The van der Waals surface area contributed by atoms with E-state index in [0.29, 0.717) is 30.5 Å². The first-order chi connectivity index (χ1) is 8.52. The first kappa shape index (κ1) is 18.6. The zero-order valence-corrected chi connectivity index (χ0v) is 15.0. The topological polar surface area (TPSA) is 50.4 Å². The molecular formula is C13H20BrFIN3. The van der Waals surface area contributed by atoms with Crippen molar-refractivity contribution in [1.29, 1.82) is 0 Å². The van der Waals surface area contributed by atoms with Crippen molar-refractivity contribution < 1.29 is 4.39 Å². The molecule has 0 aliphatic heterocycles. The molecule has 0 amide bonds. The molecular weight excluding hydrogens is 424 g/mol. The maximum atomic E-state index is 13.4. The fourth-order valence-electron chi connectivity index (χ4n) is 1.43. The summed E-state index contributed by atoms with van der Waals surface area (Å²) >= 11 is 3.32. The van der Waals surface area contributed by atoms with E-state index in [1.807, 2.05) is 6.92 Å². The molecule has 3 N–H and O–H groups in total. The molecule has 3 nitrogen and oxygen atoms in total. The van der Waals surface area contributed by atoms with Gasteiger partial charge in [-0.3, -0.25) is 4.99 Å². The molecule has 0 aliphatic carbocycles. The van der Waals surface area contributed by atoms with Gasteiger partial charge < -0.3 is 11.1 Å². The second-order valence-electron chi connectivity index (χ2n) is 4.21. The second kappa shape index (κ2) is 9.52. The van der Waals surface area contributed by atoms with E-state index in [2.05, 4.69) is 33.2 Å². The molecule has 0 saturated carbocycles. The molecule has 19 heavy (non-hydrogen) atoms. The van der Waals surface area contributed by atoms with E-state index in [1.54, 1.807) is 12.1 Å². The standard InChI is InChI=1S/C13H19BrFN3.HI/c1-3-9(2)18-13(16)17-7-6-10-8-11(14)4-5-12(10)15;/h4-5,8-9H,3,6-7H2,1-2H3,(H3,16,17,18);1H. The van der Waals surface area contributed by atoms with Crippen LogP contribution < -0.4 is 11.1 Å². The Morgan fingerprint density at radius 2 is 2.21 bits per heavy atom. The summed E-state index contributed by atoms with van der Waals surface area (Å²) in [4.78, 5) is 4.18. The van der Waals surface area contributed by atoms with Gasteiger partial charge in [-0.2, -0.15) is 0 Å². The lowest BCUT2D eigenvalue weighted by Crippen LogP contribution is -2.38. The molecule has 6 heteroatoms. The number of nitrogens with one attached hydrogen (secondary N) is 1. The van der Waals surface area contributed by atoms with Crippen LogP contribution in [0.5, 0.6) is 0 Å². The minimum Gasteiger partial charge on any atom is -0.370 e. The van der Waals surface area contributed by atoms with Crippen molar-refractivity contribution in [2.75, 3.05) is 6.54 Å². The highest BCUT2D eigenvalue weighted by Crippen LogP contribution is 2.15. The Hall–Kier alpha value is -0.370. The Kier molecular flexibility index (Phi) is 9.34. The van der Waals surface area contributed by atoms with Gasteiger partial charge in [0.15, 0.2) is 5.96 Å². The molecule has 0 aromatic heterocycles. The first-order valence-electron chi connectivity index (χ1n) is 6.03. The fourth-order valence-corrected chi connectivity index (χ4v) is 1.84. The molecule has 108 valence electrons. The molecule has 1 aromatic rings. The number of nitrogens with zero attached hydrogens (tertiary/aromatic N) is 1. The molecule has 1 aromatic carbocycles. The van der Waals surface area contributed by atoms with Crippen LogP contribution in [-0.2, 0) is 6.42 Å². The maximum absolute atomic E-state index is 13.4. The van der Waals surface area contributed by atoms with E-state index in [4.69, 9.17) is 5.73 Å². The lowest BCUT2D eigenvalue weighted by molar-refractivity contribution is 0.608. The number of hydrogen-bond acceptors (Lipinski definition) is 1. The molecule has 0 bridgehead atoms. The normalized spacial score (nSPS) is 12.7. The molecule has 0 aliphatic rings. The average Bonchev–Trinajstić information content (AvgIpc) is 2.33. The third-order valence-electron chi connectivity index (χ3n) is 2.68. The van der Waals surface area contributed by atoms with Crippen LogP contribution in [0.15, 0.2) is 27.7 Å². The minimum atomic E-state index is -0.207. The van der Waals surface area contributed by atoms with E-state index >= 15 is 0 Å². The van der Waals surface area contributed by atoms with Gasteiger partial charge in [-0.25, -0.2) is 4.39 Å². The predicted molar refractivity (Wildman–Crippen MR) is 92.6 cm³/mol. The summed E-state index contributed by atoms with van der Waals surface area (Å²) in [6, 6.07) is 5.20. The van der Waals surface area contributed by atoms with Crippen LogP contribution in [-0.4, -0.2) is 18.5 Å². The van der Waals surface area contributed by atoms with Gasteiger partial charge in [0.25, 0.3) is 0 Å². The Labute approximate surface area is 139 Å². The number of rotatable bonds is 5. The Morgan fingerprint density at radius 3 is 2.84 bits per heavy atom. The average molecular weight is 444 g/mol. The molecule has 0 spiro atoms. The minimum absolute atomic E-state index is 0. The van der Waals surface area contributed by atoms with Gasteiger partial charge in [0.05, 0.1) is 0 Å². The molecule has 0 saturated heterocycles. The van der Waals surface area contributed by atoms with Crippen molar-refractivity contribution in [1.82, 2.24) is 5.32 Å². The molecule has 1 rings (SSSR count). The SMILES string of the molecule is CCC(C)NC(N)=NCCc1cc(Br)ccc1F.I. The van der Waals surface area contributed by atoms with Gasteiger partial charge in [-0.15, -0.1) is 24.0 Å². The highest BCUT2D eigenvalue weighted by atomic mass is 127. The fraction of sp³-hybridized carbons (Fsp3) is 0.462. The van der Waals surface area contributed by atoms with Crippen LogP contribution in [0.3, 0.4) is 0 Å². The van der Waals surface area contributed by atoms with Crippen LogP contribution in [0.1, 0.15) is 25.8 Å². The van der Waals surface area contributed by atoms with E-state index in [0.717, 1.165) is 10.9 Å². The summed E-state index contributed by atoms with van der Waals surface area (Å²) in [6.07, 6.45) is 1.52. The quantitative estimate of drug-likeness (QED) is 0.416. The van der Waals surface area contributed by atoms with Crippen molar-refractivity contribution in [2.45, 2.75) is 32.7 Å². The van der Waals surface area contributed by atoms with Crippen molar-refractivity contribution in [2.24, 2.45) is 10.7 Å². The first-order valence-corrected chi connectivity index (χ1v) is 6.82. The third kappa shape index (κ3) is 7.10. The van der Waals surface area contributed by atoms with Crippen molar-refractivity contribution in [3.05, 3.63) is 34.1 Å². The van der Waals surface area contributed by atoms with Gasteiger partial charge in [-0.1, -0.05) is 22.9 Å². The Bertz CT molecular complexity index is 426. The largest absolute Gasteiger partial charge is 0.370 e. The summed E-state index contributed by atoms with van der Waals surface area (Å²) in [5.74, 6) is 0.210. The van der Waals surface area contributed by atoms with Crippen molar-refractivity contribution in [3.8, 4) is 0 Å². The highest BCUT2D eigenvalue weighted by molar-refractivity contribution is 14.0. The summed E-state index contributed by atoms with van der Waals surface area (Å²) in [5.41, 5.74) is 6.36. The maximum Gasteiger partial charge on any atom is 0.188 e. The highest BCUT2D eigenvalue weighted by Gasteiger charge is 2.03. The third-order valence-corrected chi connectivity index (χ3v) is 3.17. The summed E-state index contributed by atoms with van der Waals surface area (Å²) in [5, 5.41) is 3.07. The number of benzene rings is 1. The second-order valence-corrected chi connectivity index (χ2v) is 5.12. The van der Waals surface area contributed by atoms with Gasteiger partial charge in [0.1, 0.15) is 5.82 Å². The van der Waals surface area contributed by atoms with Crippen molar-refractivity contribution in [3.63, 3.8) is 0 Å². The number of hydrogen-bond donors (Lipinski definition) is 2. The monoisotopic (exact) mass is 443 g/mol. The number of halogens is 3. The molecule has 0 fully saturated rings. The van der Waals surface area contributed by atoms with Crippen LogP contribution in [0.4, 0.5) is 4.39 Å². The summed E-state index contributed by atoms with van der Waals surface area (Å²) in [6.45, 7) is 4.58. The molecule has 0 heterocycles. The van der Waals surface area contributed by atoms with E-state index < -0.39 is 0 Å². The van der Waals surface area contributed by atoms with E-state index in [1.165, 1.54) is 6.07 Å². The zero-order valence-electron chi connectivity index (χ0n) is 11.1. The van der Waals surface area contributed by atoms with Gasteiger partial charge >= 0.3 is 0 Å². The van der Waals surface area contributed by atoms with E-state index in [9.17, 15) is 4.39 Å². The predicted octanol–water partition coefficient (Wildman–Crippen LogP) is 3.45. The van der Waals surface area contributed by atoms with E-state index in [-0.39, 0.29) is 29.8 Å². The van der Waals surface area contributed by atoms with Crippen LogP contribution in [0.25, 0.3) is 0 Å². The number of aliphatic imine (C=N–C) groups is 1. The molecule has 0 radical (unpaired) electrons. The van der Waals surface area contributed by atoms with Crippen molar-refractivity contribution >= 4 is 45.9 Å². The lowest BCUT2D eigenvalue weighted by atomic mass is 10.1. The molecule has 1 atom stereocenters. The van der Waals surface area contributed by atoms with Crippen LogP contribution in [0.2, 0.25) is 0 Å². The van der Waals surface area contributed by atoms with Crippen LogP contribution >= 0.6 is 39.9 Å². The van der Waals surface area contributed by atoms with Gasteiger partial charge in [-0.05, 0) is 43.5 Å². The Balaban J connectivity index is 0.00000324. The molecule has 1 unspecified atom stereocenters. The number of guanidine groups is 1. The zero-order chi connectivity index (χ0) is 13.5. The lowest BCUT2D eigenvalue weighted by Gasteiger charge is -2.11. The van der Waals surface area contributed by atoms with Crippen LogP contribution in [0, 0.1) is 5.82 Å². The Morgan fingerprint density at radius 1 is 1.53 bits per heavy atom. The smallest absolute Gasteiger partial charge is 0.188 e. The van der Waals surface area contributed by atoms with Gasteiger partial charge in [0, 0.05) is 17.1 Å². The number of nitrogens with two attached hydrogens (primary N) is 1.